The van der Waals surface area contributed by atoms with Crippen LogP contribution in [0.25, 0.3) is 0 Å². The van der Waals surface area contributed by atoms with Crippen LogP contribution in [0.3, 0.4) is 0 Å². The number of pyridine rings is 1. The van der Waals surface area contributed by atoms with E-state index in [1.807, 2.05) is 10.6 Å². The molecule has 0 saturated carbocycles. The smallest absolute Gasteiger partial charge is 0.262 e. The van der Waals surface area contributed by atoms with Crippen LogP contribution in [0.15, 0.2) is 70.4 Å². The number of halogens is 1. The number of hydrogen-bond acceptors (Lipinski definition) is 6. The number of hydrogen-bond donors (Lipinski definition) is 1. The number of carbonyl (C=O) groups excluding carboxylic acids is 1. The minimum absolute atomic E-state index is 0.0195. The number of rotatable bonds is 5. The van der Waals surface area contributed by atoms with Crippen molar-refractivity contribution in [2.24, 2.45) is 5.92 Å². The first-order chi connectivity index (χ1) is 16.2. The molecule has 2 unspecified atom stereocenters. The number of aromatic nitrogens is 1. The number of sulfonamides is 1. The first-order valence-corrected chi connectivity index (χ1v) is 12.7. The van der Waals surface area contributed by atoms with E-state index in [-0.39, 0.29) is 38.6 Å². The van der Waals surface area contributed by atoms with Gasteiger partial charge in [0.2, 0.25) is 0 Å². The van der Waals surface area contributed by atoms with E-state index in [1.54, 1.807) is 24.3 Å². The zero-order chi connectivity index (χ0) is 24.0. The highest BCUT2D eigenvalue weighted by Crippen LogP contribution is 2.39. The molecule has 1 N–H and O–H groups in total. The number of carboxylic acids is 1. The fraction of sp³-hybridized carbons (Fsp3) is 0.250. The number of anilines is 2. The van der Waals surface area contributed by atoms with E-state index in [0.29, 0.717) is 25.3 Å². The molecule has 0 spiro atoms. The first-order valence-electron chi connectivity index (χ1n) is 10.8. The van der Waals surface area contributed by atoms with Gasteiger partial charge >= 0.3 is 0 Å². The second-order valence-corrected chi connectivity index (χ2v) is 10.8. The average Bonchev–Trinajstić information content (AvgIpc) is 2.79. The first kappa shape index (κ1) is 22.5. The standard InChI is InChI=1S/C24H22ClN3O5S/c25-18-3-1-4-19(11-18)34(32,33)26-20-10-16(24(30)31)7-8-22(20)27-12-15-9-17(14-27)21-5-2-6-23(29)28(21)13-15/h1-8,10-11,15,17,26H,9,12-14H2,(H,30,31)/p-1. The lowest BCUT2D eigenvalue weighted by molar-refractivity contribution is -0.255. The maximum Gasteiger partial charge on any atom is 0.262 e. The molecular formula is C24H21ClN3O5S-. The number of piperidine rings is 1. The molecule has 8 nitrogen and oxygen atoms in total. The summed E-state index contributed by atoms with van der Waals surface area (Å²) >= 11 is 5.97. The van der Waals surface area contributed by atoms with Crippen LogP contribution in [0, 0.1) is 5.92 Å². The van der Waals surface area contributed by atoms with Gasteiger partial charge in [-0.3, -0.25) is 9.52 Å². The van der Waals surface area contributed by atoms with Crippen molar-refractivity contribution in [3.8, 4) is 0 Å². The van der Waals surface area contributed by atoms with Gasteiger partial charge in [0, 0.05) is 42.3 Å². The minimum atomic E-state index is -4.03. The molecule has 2 atom stereocenters. The summed E-state index contributed by atoms with van der Waals surface area (Å²) in [4.78, 5) is 25.8. The van der Waals surface area contributed by atoms with E-state index >= 15 is 0 Å². The van der Waals surface area contributed by atoms with Gasteiger partial charge in [-0.2, -0.15) is 0 Å². The Hall–Kier alpha value is -3.30. The maximum atomic E-state index is 13.1. The summed E-state index contributed by atoms with van der Waals surface area (Å²) in [6, 6.07) is 15.4. The summed E-state index contributed by atoms with van der Waals surface area (Å²) in [5.41, 5.74) is 1.51. The highest BCUT2D eigenvalue weighted by Gasteiger charge is 2.35. The second kappa shape index (κ2) is 8.48. The molecule has 2 aromatic carbocycles. The fourth-order valence-electron chi connectivity index (χ4n) is 4.95. The molecule has 3 heterocycles. The third-order valence-corrected chi connectivity index (χ3v) is 8.00. The van der Waals surface area contributed by atoms with Crippen LogP contribution in [-0.4, -0.2) is 32.0 Å². The van der Waals surface area contributed by atoms with Gasteiger partial charge in [-0.15, -0.1) is 0 Å². The topological polar surface area (TPSA) is 112 Å². The van der Waals surface area contributed by atoms with Crippen LogP contribution in [0.4, 0.5) is 11.4 Å². The summed E-state index contributed by atoms with van der Waals surface area (Å²) in [6.45, 7) is 1.76. The molecule has 3 aromatic rings. The molecule has 2 aliphatic rings. The molecule has 1 aromatic heterocycles. The van der Waals surface area contributed by atoms with Crippen LogP contribution in [0.1, 0.15) is 28.4 Å². The van der Waals surface area contributed by atoms with Gasteiger partial charge in [-0.1, -0.05) is 29.8 Å². The SMILES string of the molecule is O=C([O-])c1ccc(N2CC3CC(C2)c2cccc(=O)n2C3)c(NS(=O)(=O)c2cccc(Cl)c2)c1. The quantitative estimate of drug-likeness (QED) is 0.577. The zero-order valence-electron chi connectivity index (χ0n) is 18.0. The van der Waals surface area contributed by atoms with Crippen molar-refractivity contribution in [3.05, 3.63) is 87.3 Å². The number of carbonyl (C=O) groups is 1. The monoisotopic (exact) mass is 498 g/mol. The number of carboxylic acid groups (broad SMARTS) is 1. The number of aromatic carboxylic acids is 1. The van der Waals surface area contributed by atoms with Gasteiger partial charge in [0.05, 0.1) is 22.2 Å². The summed E-state index contributed by atoms with van der Waals surface area (Å²) in [6.07, 6.45) is 0.931. The number of nitrogens with one attached hydrogen (secondary N) is 1. The lowest BCUT2D eigenvalue weighted by Gasteiger charge is -2.44. The van der Waals surface area contributed by atoms with Crippen molar-refractivity contribution in [2.75, 3.05) is 22.7 Å². The third kappa shape index (κ3) is 4.17. The van der Waals surface area contributed by atoms with E-state index < -0.39 is 16.0 Å². The largest absolute Gasteiger partial charge is 0.545 e. The van der Waals surface area contributed by atoms with Gasteiger partial charge in [0.15, 0.2) is 0 Å². The van der Waals surface area contributed by atoms with Crippen LogP contribution in [-0.2, 0) is 16.6 Å². The van der Waals surface area contributed by atoms with Crippen molar-refractivity contribution in [3.63, 3.8) is 0 Å². The molecule has 1 fully saturated rings. The Morgan fingerprint density at radius 2 is 1.82 bits per heavy atom. The molecule has 0 radical (unpaired) electrons. The van der Waals surface area contributed by atoms with Crippen LogP contribution < -0.4 is 20.3 Å². The summed E-state index contributed by atoms with van der Waals surface area (Å²) in [5, 5.41) is 11.8. The molecule has 2 bridgehead atoms. The van der Waals surface area contributed by atoms with E-state index in [9.17, 15) is 23.1 Å². The van der Waals surface area contributed by atoms with E-state index in [1.165, 1.54) is 30.3 Å². The maximum absolute atomic E-state index is 13.1. The van der Waals surface area contributed by atoms with Gasteiger partial charge < -0.3 is 19.4 Å². The molecule has 5 rings (SSSR count). The summed E-state index contributed by atoms with van der Waals surface area (Å²) < 4.78 is 30.5. The number of fused-ring (bicyclic) bond motifs is 4. The van der Waals surface area contributed by atoms with Gasteiger partial charge in [0.1, 0.15) is 0 Å². The molecule has 1 saturated heterocycles. The van der Waals surface area contributed by atoms with E-state index in [0.717, 1.165) is 12.1 Å². The van der Waals surface area contributed by atoms with Crippen molar-refractivity contribution >= 4 is 39.0 Å². The predicted molar refractivity (Wildman–Crippen MR) is 127 cm³/mol. The Kier molecular flexibility index (Phi) is 5.61. The van der Waals surface area contributed by atoms with Gasteiger partial charge in [-0.05, 0) is 54.3 Å². The van der Waals surface area contributed by atoms with E-state index in [2.05, 4.69) is 9.62 Å². The number of benzene rings is 2. The van der Waals surface area contributed by atoms with Crippen molar-refractivity contribution in [1.29, 1.82) is 0 Å². The molecule has 0 amide bonds. The molecule has 10 heteroatoms. The van der Waals surface area contributed by atoms with Crippen LogP contribution >= 0.6 is 11.6 Å². The summed E-state index contributed by atoms with van der Waals surface area (Å²) in [7, 11) is -4.03. The molecule has 34 heavy (non-hydrogen) atoms. The van der Waals surface area contributed by atoms with Crippen molar-refractivity contribution in [1.82, 2.24) is 4.57 Å². The Bertz CT molecular complexity index is 1450. The fourth-order valence-corrected chi connectivity index (χ4v) is 6.32. The van der Waals surface area contributed by atoms with Gasteiger partial charge in [0.25, 0.3) is 15.6 Å². The van der Waals surface area contributed by atoms with Crippen molar-refractivity contribution < 1.29 is 18.3 Å². The molecule has 2 aliphatic heterocycles. The molecule has 0 aliphatic carbocycles. The minimum Gasteiger partial charge on any atom is -0.545 e. The van der Waals surface area contributed by atoms with Crippen LogP contribution in [0.5, 0.6) is 0 Å². The second-order valence-electron chi connectivity index (χ2n) is 8.69. The lowest BCUT2D eigenvalue weighted by atomic mass is 9.83. The Balaban J connectivity index is 1.53. The van der Waals surface area contributed by atoms with Crippen LogP contribution in [0.2, 0.25) is 5.02 Å². The third-order valence-electron chi connectivity index (χ3n) is 6.40. The Morgan fingerprint density at radius 3 is 2.59 bits per heavy atom. The molecular weight excluding hydrogens is 478 g/mol. The van der Waals surface area contributed by atoms with Crippen molar-refractivity contribution in [2.45, 2.75) is 23.8 Å². The number of nitrogens with zero attached hydrogens (tertiary/aromatic N) is 2. The lowest BCUT2D eigenvalue weighted by Crippen LogP contribution is -2.47. The molecule has 176 valence electrons. The predicted octanol–water partition coefficient (Wildman–Crippen LogP) is 2.29. The Labute approximate surface area is 201 Å². The van der Waals surface area contributed by atoms with Gasteiger partial charge in [-0.25, -0.2) is 8.42 Å². The normalized spacial score (nSPS) is 19.4. The Morgan fingerprint density at radius 1 is 1.03 bits per heavy atom. The highest BCUT2D eigenvalue weighted by molar-refractivity contribution is 7.92. The average molecular weight is 499 g/mol. The zero-order valence-corrected chi connectivity index (χ0v) is 19.6. The summed E-state index contributed by atoms with van der Waals surface area (Å²) in [5.74, 6) is -1.11. The van der Waals surface area contributed by atoms with E-state index in [4.69, 9.17) is 11.6 Å². The highest BCUT2D eigenvalue weighted by atomic mass is 35.5.